The van der Waals surface area contributed by atoms with Crippen molar-refractivity contribution in [2.75, 3.05) is 6.61 Å². The van der Waals surface area contributed by atoms with Crippen LogP contribution in [0.5, 0.6) is 23.0 Å². The maximum Gasteiger partial charge on any atom is 0.174 e. The molecule has 4 aromatic carbocycles. The van der Waals surface area contributed by atoms with Crippen LogP contribution in [0.3, 0.4) is 0 Å². The minimum atomic E-state index is -0.241. The van der Waals surface area contributed by atoms with E-state index in [9.17, 15) is 20.6 Å². The van der Waals surface area contributed by atoms with Crippen LogP contribution in [0.2, 0.25) is 0 Å². The number of phenols is 3. The van der Waals surface area contributed by atoms with Gasteiger partial charge in [0, 0.05) is 0 Å². The number of phenolic OH excluding ortho intramolecular Hbond substituents is 3. The number of nitriles is 1. The maximum absolute atomic E-state index is 12.0. The van der Waals surface area contributed by atoms with Gasteiger partial charge in [-0.25, -0.2) is 0 Å². The molecule has 0 saturated heterocycles. The zero-order valence-electron chi connectivity index (χ0n) is 31.7. The predicted molar refractivity (Wildman–Crippen MR) is 213 cm³/mol. The van der Waals surface area contributed by atoms with Gasteiger partial charge in [0.25, 0.3) is 0 Å². The Hall–Kier alpha value is -3.03. The Morgan fingerprint density at radius 3 is 0.882 bits per heavy atom. The van der Waals surface area contributed by atoms with Crippen molar-refractivity contribution >= 4 is 47.0 Å². The molecule has 0 fully saturated rings. The quantitative estimate of drug-likeness (QED) is 0.163. The Morgan fingerprint density at radius 2 is 0.667 bits per heavy atom. The van der Waals surface area contributed by atoms with Gasteiger partial charge in [-0.1, -0.05) is 130 Å². The van der Waals surface area contributed by atoms with Crippen molar-refractivity contribution in [3.05, 3.63) is 70.8 Å². The van der Waals surface area contributed by atoms with Gasteiger partial charge in [-0.05, 0) is 92.4 Å². The minimum absolute atomic E-state index is 0.0989. The lowest BCUT2D eigenvalue weighted by molar-refractivity contribution is 0.349. The fraction of sp³-hybridized carbons (Fsp3) is 0.405. The fourth-order valence-electron chi connectivity index (χ4n) is 5.39. The highest BCUT2D eigenvalue weighted by Crippen LogP contribution is 2.55. The highest BCUT2D eigenvalue weighted by molar-refractivity contribution is 8.01. The molecule has 270 valence electrons. The Bertz CT molecular complexity index is 1920. The summed E-state index contributed by atoms with van der Waals surface area (Å²) < 4.78 is 6.23. The van der Waals surface area contributed by atoms with Gasteiger partial charge in [0.1, 0.15) is 29.1 Å². The zero-order chi connectivity index (χ0) is 37.8. The number of fused-ring (bicyclic) bond motifs is 8. The third kappa shape index (κ3) is 8.62. The molecule has 0 amide bonds. The third-order valence-electron chi connectivity index (χ3n) is 8.77. The van der Waals surface area contributed by atoms with Crippen LogP contribution in [-0.2, 0) is 21.7 Å². The van der Waals surface area contributed by atoms with Crippen molar-refractivity contribution in [2.45, 2.75) is 144 Å². The molecule has 1 aliphatic heterocycles. The molecule has 0 radical (unpaired) electrons. The third-order valence-corrected chi connectivity index (χ3v) is 13.0. The normalized spacial score (nSPS) is 13.9. The first-order valence-corrected chi connectivity index (χ1v) is 20.3. The molecule has 3 N–H and O–H groups in total. The standard InChI is InChI=1S/C42H49NO4S4/c1-39(2,3)23-15-27-35(44)28(16-23)49-30-18-25(41(7,8)9)20-32(37(30)46)51-34-22-26(42(10,11)12)21-33(38(34)47-14-13-43)50-31-19-24(40(4,5)6)17-29(48-27)36(31)45/h15-22,44-46H,14H2,1-12H3. The van der Waals surface area contributed by atoms with Gasteiger partial charge in [0.05, 0.1) is 39.2 Å². The number of benzene rings is 4. The van der Waals surface area contributed by atoms with Crippen molar-refractivity contribution in [3.8, 4) is 29.1 Å². The van der Waals surface area contributed by atoms with Crippen LogP contribution in [0, 0.1) is 11.3 Å². The monoisotopic (exact) mass is 759 g/mol. The Kier molecular flexibility index (Phi) is 10.8. The summed E-state index contributed by atoms with van der Waals surface area (Å²) >= 11 is 5.47. The molecule has 1 aliphatic rings. The van der Waals surface area contributed by atoms with Crippen molar-refractivity contribution < 1.29 is 20.1 Å². The molecule has 0 spiro atoms. The van der Waals surface area contributed by atoms with E-state index in [2.05, 4.69) is 101 Å². The number of ether oxygens (including phenoxy) is 1. The second-order valence-corrected chi connectivity index (χ2v) is 21.5. The maximum atomic E-state index is 12.0. The second-order valence-electron chi connectivity index (χ2n) is 17.1. The van der Waals surface area contributed by atoms with Crippen molar-refractivity contribution in [2.24, 2.45) is 0 Å². The van der Waals surface area contributed by atoms with Crippen molar-refractivity contribution in [1.29, 1.82) is 5.26 Å². The minimum Gasteiger partial charge on any atom is -0.506 e. The summed E-state index contributed by atoms with van der Waals surface area (Å²) in [5.41, 5.74) is 3.18. The summed E-state index contributed by atoms with van der Waals surface area (Å²) in [7, 11) is 0. The summed E-state index contributed by atoms with van der Waals surface area (Å²) in [5, 5.41) is 45.6. The largest absolute Gasteiger partial charge is 0.506 e. The van der Waals surface area contributed by atoms with E-state index in [1.54, 1.807) is 0 Å². The fourth-order valence-corrected chi connectivity index (χ4v) is 9.85. The lowest BCUT2D eigenvalue weighted by Crippen LogP contribution is -2.13. The Morgan fingerprint density at radius 1 is 0.451 bits per heavy atom. The number of nitrogens with zero attached hydrogens (tertiary/aromatic N) is 1. The molecule has 0 aromatic heterocycles. The number of aromatic hydroxyl groups is 3. The summed E-state index contributed by atoms with van der Waals surface area (Å²) in [4.78, 5) is 5.26. The Labute approximate surface area is 321 Å². The van der Waals surface area contributed by atoms with Crippen LogP contribution in [0.15, 0.2) is 87.7 Å². The Balaban J connectivity index is 1.93. The van der Waals surface area contributed by atoms with Crippen LogP contribution in [-0.4, -0.2) is 21.9 Å². The van der Waals surface area contributed by atoms with Gasteiger partial charge < -0.3 is 20.1 Å². The molecular weight excluding hydrogens is 711 g/mol. The summed E-state index contributed by atoms with van der Waals surface area (Å²) in [6, 6.07) is 18.4. The van der Waals surface area contributed by atoms with E-state index in [0.29, 0.717) is 35.1 Å². The number of hydrogen-bond acceptors (Lipinski definition) is 9. The summed E-state index contributed by atoms with van der Waals surface area (Å²) in [5.74, 6) is 0.842. The molecule has 9 heteroatoms. The molecular formula is C42H49NO4S4. The van der Waals surface area contributed by atoms with E-state index in [-0.39, 0.29) is 45.5 Å². The van der Waals surface area contributed by atoms with Gasteiger partial charge >= 0.3 is 0 Å². The van der Waals surface area contributed by atoms with E-state index < -0.39 is 0 Å². The summed E-state index contributed by atoms with van der Waals surface area (Å²) in [6.07, 6.45) is 0. The molecule has 5 nitrogen and oxygen atoms in total. The van der Waals surface area contributed by atoms with E-state index in [1.165, 1.54) is 47.0 Å². The van der Waals surface area contributed by atoms with Crippen LogP contribution in [0.1, 0.15) is 105 Å². The first kappa shape index (κ1) is 39.2. The topological polar surface area (TPSA) is 93.7 Å². The van der Waals surface area contributed by atoms with E-state index in [0.717, 1.165) is 32.0 Å². The van der Waals surface area contributed by atoms with Crippen molar-refractivity contribution in [1.82, 2.24) is 0 Å². The first-order chi connectivity index (χ1) is 23.5. The number of rotatable bonds is 2. The lowest BCUT2D eigenvalue weighted by Gasteiger charge is -2.26. The predicted octanol–water partition coefficient (Wildman–Crippen LogP) is 12.8. The van der Waals surface area contributed by atoms with Crippen LogP contribution in [0.4, 0.5) is 0 Å². The van der Waals surface area contributed by atoms with Crippen LogP contribution < -0.4 is 4.74 Å². The van der Waals surface area contributed by atoms with Crippen molar-refractivity contribution in [3.63, 3.8) is 0 Å². The molecule has 51 heavy (non-hydrogen) atoms. The lowest BCUT2D eigenvalue weighted by atomic mass is 9.87. The van der Waals surface area contributed by atoms with E-state index in [1.807, 2.05) is 36.4 Å². The molecule has 0 atom stereocenters. The second kappa shape index (κ2) is 14.1. The highest BCUT2D eigenvalue weighted by Gasteiger charge is 2.29. The molecule has 0 unspecified atom stereocenters. The smallest absolute Gasteiger partial charge is 0.174 e. The van der Waals surface area contributed by atoms with Gasteiger partial charge in [0.15, 0.2) is 6.61 Å². The highest BCUT2D eigenvalue weighted by atomic mass is 32.2. The van der Waals surface area contributed by atoms with Crippen LogP contribution >= 0.6 is 47.0 Å². The average Bonchev–Trinajstić information content (AvgIpc) is 2.99. The first-order valence-electron chi connectivity index (χ1n) is 17.0. The van der Waals surface area contributed by atoms with Gasteiger partial charge in [-0.15, -0.1) is 0 Å². The average molecular weight is 760 g/mol. The molecule has 5 rings (SSSR count). The number of hydrogen-bond donors (Lipinski definition) is 3. The van der Waals surface area contributed by atoms with E-state index in [4.69, 9.17) is 4.74 Å². The van der Waals surface area contributed by atoms with E-state index >= 15 is 0 Å². The molecule has 0 aliphatic carbocycles. The van der Waals surface area contributed by atoms with Crippen LogP contribution in [0.25, 0.3) is 0 Å². The van der Waals surface area contributed by atoms with Gasteiger partial charge in [-0.3, -0.25) is 0 Å². The molecule has 8 bridgehead atoms. The summed E-state index contributed by atoms with van der Waals surface area (Å²) in [6.45, 7) is 25.6. The van der Waals surface area contributed by atoms with Gasteiger partial charge in [-0.2, -0.15) is 5.26 Å². The van der Waals surface area contributed by atoms with Gasteiger partial charge in [0.2, 0.25) is 0 Å². The molecule has 1 heterocycles. The molecule has 0 saturated carbocycles. The zero-order valence-corrected chi connectivity index (χ0v) is 34.9. The SMILES string of the molecule is CC(C)(C)c1cc2c(O)c(c1)Sc1cc(C(C)(C)C)cc(c1O)Sc1cc(C(C)(C)C)cc(c1OCC#N)Sc1cc(C(C)(C)C)cc(c1O)S2. The molecule has 4 aromatic rings.